The third-order valence-corrected chi connectivity index (χ3v) is 4.66. The van der Waals surface area contributed by atoms with Gasteiger partial charge in [0.15, 0.2) is 0 Å². The van der Waals surface area contributed by atoms with Crippen LogP contribution in [0.2, 0.25) is 0 Å². The molecule has 3 unspecified atom stereocenters. The highest BCUT2D eigenvalue weighted by Gasteiger charge is 2.41. The lowest BCUT2D eigenvalue weighted by Crippen LogP contribution is -2.24. The van der Waals surface area contributed by atoms with Gasteiger partial charge in [-0.25, -0.2) is 4.39 Å². The van der Waals surface area contributed by atoms with Crippen LogP contribution in [0, 0.1) is 29.5 Å². The average molecular weight is 289 g/mol. The SMILES string of the molecule is OCC#Cc1cc(F)ccc1CN1CC2CCC(O)C2C1. The molecule has 1 heterocycles. The van der Waals surface area contributed by atoms with Gasteiger partial charge in [-0.3, -0.25) is 4.90 Å². The van der Waals surface area contributed by atoms with Crippen molar-refractivity contribution in [1.82, 2.24) is 4.90 Å². The molecule has 112 valence electrons. The summed E-state index contributed by atoms with van der Waals surface area (Å²) in [6, 6.07) is 4.64. The molecule has 0 aromatic heterocycles. The standard InChI is InChI=1S/C17H20FNO2/c18-15-5-3-13(12(8-15)2-1-7-20)9-19-10-14-4-6-17(21)16(14)11-19/h3,5,8,14,16-17,20-21H,4,6-7,9-11H2. The van der Waals surface area contributed by atoms with Crippen molar-refractivity contribution in [3.8, 4) is 11.8 Å². The van der Waals surface area contributed by atoms with Gasteiger partial charge in [0.05, 0.1) is 6.10 Å². The number of halogens is 1. The van der Waals surface area contributed by atoms with Crippen molar-refractivity contribution >= 4 is 0 Å². The van der Waals surface area contributed by atoms with E-state index in [1.165, 1.54) is 12.1 Å². The summed E-state index contributed by atoms with van der Waals surface area (Å²) in [7, 11) is 0. The number of likely N-dealkylation sites (tertiary alicyclic amines) is 1. The van der Waals surface area contributed by atoms with Gasteiger partial charge in [-0.05, 0) is 36.5 Å². The number of aliphatic hydroxyl groups is 2. The van der Waals surface area contributed by atoms with Crippen molar-refractivity contribution in [2.45, 2.75) is 25.5 Å². The van der Waals surface area contributed by atoms with Crippen molar-refractivity contribution in [3.05, 3.63) is 35.1 Å². The largest absolute Gasteiger partial charge is 0.393 e. The normalized spacial score (nSPS) is 28.2. The summed E-state index contributed by atoms with van der Waals surface area (Å²) in [5.74, 6) is 6.07. The highest BCUT2D eigenvalue weighted by Crippen LogP contribution is 2.38. The summed E-state index contributed by atoms with van der Waals surface area (Å²) >= 11 is 0. The Morgan fingerprint density at radius 1 is 1.29 bits per heavy atom. The van der Waals surface area contributed by atoms with Crippen LogP contribution in [0.1, 0.15) is 24.0 Å². The molecule has 4 heteroatoms. The van der Waals surface area contributed by atoms with Gasteiger partial charge in [0.2, 0.25) is 0 Å². The molecule has 1 saturated heterocycles. The predicted molar refractivity (Wildman–Crippen MR) is 77.9 cm³/mol. The Hall–Kier alpha value is -1.41. The van der Waals surface area contributed by atoms with Gasteiger partial charge in [0, 0.05) is 31.1 Å². The molecule has 1 aromatic rings. The van der Waals surface area contributed by atoms with Crippen molar-refractivity contribution in [2.24, 2.45) is 11.8 Å². The first kappa shape index (κ1) is 14.5. The summed E-state index contributed by atoms with van der Waals surface area (Å²) < 4.78 is 13.4. The molecule has 0 bridgehead atoms. The van der Waals surface area contributed by atoms with Crippen LogP contribution in [0.5, 0.6) is 0 Å². The summed E-state index contributed by atoms with van der Waals surface area (Å²) in [6.07, 6.45) is 1.86. The third-order valence-electron chi connectivity index (χ3n) is 4.66. The van der Waals surface area contributed by atoms with Crippen LogP contribution in [0.3, 0.4) is 0 Å². The molecular formula is C17H20FNO2. The number of rotatable bonds is 2. The summed E-state index contributed by atoms with van der Waals surface area (Å²) in [4.78, 5) is 2.31. The maximum absolute atomic E-state index is 13.4. The number of aliphatic hydroxyl groups excluding tert-OH is 2. The molecule has 2 fully saturated rings. The second-order valence-corrected chi connectivity index (χ2v) is 6.02. The van der Waals surface area contributed by atoms with Crippen molar-refractivity contribution in [2.75, 3.05) is 19.7 Å². The van der Waals surface area contributed by atoms with Gasteiger partial charge >= 0.3 is 0 Å². The molecule has 3 nitrogen and oxygen atoms in total. The average Bonchev–Trinajstić information content (AvgIpc) is 3.01. The first-order valence-electron chi connectivity index (χ1n) is 7.46. The van der Waals surface area contributed by atoms with Crippen molar-refractivity contribution < 1.29 is 14.6 Å². The highest BCUT2D eigenvalue weighted by atomic mass is 19.1. The molecular weight excluding hydrogens is 269 g/mol. The maximum Gasteiger partial charge on any atom is 0.124 e. The molecule has 3 rings (SSSR count). The lowest BCUT2D eigenvalue weighted by atomic mass is 10.00. The molecule has 0 spiro atoms. The molecule has 1 aliphatic heterocycles. The maximum atomic E-state index is 13.4. The van der Waals surface area contributed by atoms with E-state index < -0.39 is 0 Å². The van der Waals surface area contributed by atoms with E-state index in [-0.39, 0.29) is 18.5 Å². The van der Waals surface area contributed by atoms with Gasteiger partial charge < -0.3 is 10.2 Å². The second-order valence-electron chi connectivity index (χ2n) is 6.02. The molecule has 1 aliphatic carbocycles. The zero-order valence-electron chi connectivity index (χ0n) is 11.9. The zero-order chi connectivity index (χ0) is 14.8. The number of hydrogen-bond donors (Lipinski definition) is 2. The topological polar surface area (TPSA) is 43.7 Å². The van der Waals surface area contributed by atoms with E-state index >= 15 is 0 Å². The number of benzene rings is 1. The van der Waals surface area contributed by atoms with E-state index in [2.05, 4.69) is 16.7 Å². The highest BCUT2D eigenvalue weighted by molar-refractivity contribution is 5.41. The van der Waals surface area contributed by atoms with E-state index in [1.54, 1.807) is 6.07 Å². The number of fused-ring (bicyclic) bond motifs is 1. The summed E-state index contributed by atoms with van der Waals surface area (Å²) in [6.45, 7) is 2.38. The summed E-state index contributed by atoms with van der Waals surface area (Å²) in [5, 5.41) is 18.8. The lowest BCUT2D eigenvalue weighted by Gasteiger charge is -2.19. The Morgan fingerprint density at radius 3 is 2.90 bits per heavy atom. The molecule has 3 atom stereocenters. The van der Waals surface area contributed by atoms with Crippen molar-refractivity contribution in [1.29, 1.82) is 0 Å². The first-order chi connectivity index (χ1) is 10.2. The first-order valence-corrected chi connectivity index (χ1v) is 7.46. The van der Waals surface area contributed by atoms with E-state index in [9.17, 15) is 9.50 Å². The molecule has 0 radical (unpaired) electrons. The molecule has 0 amide bonds. The van der Waals surface area contributed by atoms with Crippen LogP contribution in [0.4, 0.5) is 4.39 Å². The van der Waals surface area contributed by atoms with Crippen LogP contribution >= 0.6 is 0 Å². The fourth-order valence-electron chi connectivity index (χ4n) is 3.64. The summed E-state index contributed by atoms with van der Waals surface area (Å²) in [5.41, 5.74) is 1.62. The monoisotopic (exact) mass is 289 g/mol. The zero-order valence-corrected chi connectivity index (χ0v) is 11.9. The van der Waals surface area contributed by atoms with Crippen LogP contribution in [0.25, 0.3) is 0 Å². The van der Waals surface area contributed by atoms with E-state index in [0.29, 0.717) is 17.4 Å². The van der Waals surface area contributed by atoms with Crippen LogP contribution in [-0.4, -0.2) is 40.9 Å². The predicted octanol–water partition coefficient (Wildman–Crippen LogP) is 1.37. The smallest absolute Gasteiger partial charge is 0.124 e. The van der Waals surface area contributed by atoms with E-state index in [1.807, 2.05) is 0 Å². The number of nitrogens with zero attached hydrogens (tertiary/aromatic N) is 1. The molecule has 2 aliphatic rings. The Morgan fingerprint density at radius 2 is 2.14 bits per heavy atom. The van der Waals surface area contributed by atoms with Gasteiger partial charge in [-0.2, -0.15) is 0 Å². The van der Waals surface area contributed by atoms with Gasteiger partial charge in [0.25, 0.3) is 0 Å². The third kappa shape index (κ3) is 3.11. The Kier molecular flexibility index (Phi) is 4.25. The Labute approximate surface area is 124 Å². The fourth-order valence-corrected chi connectivity index (χ4v) is 3.64. The van der Waals surface area contributed by atoms with E-state index in [4.69, 9.17) is 5.11 Å². The molecule has 1 aromatic carbocycles. The quantitative estimate of drug-likeness (QED) is 0.808. The Balaban J connectivity index is 1.73. The number of hydrogen-bond acceptors (Lipinski definition) is 3. The molecule has 2 N–H and O–H groups in total. The van der Waals surface area contributed by atoms with Crippen molar-refractivity contribution in [3.63, 3.8) is 0 Å². The van der Waals surface area contributed by atoms with Crippen LogP contribution < -0.4 is 0 Å². The molecule has 21 heavy (non-hydrogen) atoms. The Bertz CT molecular complexity index is 578. The minimum absolute atomic E-state index is 0.165. The minimum atomic E-state index is -0.310. The fraction of sp³-hybridized carbons (Fsp3) is 0.529. The minimum Gasteiger partial charge on any atom is -0.393 e. The van der Waals surface area contributed by atoms with E-state index in [0.717, 1.165) is 38.0 Å². The second kappa shape index (κ2) is 6.15. The van der Waals surface area contributed by atoms with Gasteiger partial charge in [0.1, 0.15) is 12.4 Å². The van der Waals surface area contributed by atoms with Gasteiger partial charge in [-0.15, -0.1) is 0 Å². The molecule has 1 saturated carbocycles. The van der Waals surface area contributed by atoms with Crippen LogP contribution in [-0.2, 0) is 6.54 Å². The van der Waals surface area contributed by atoms with Gasteiger partial charge in [-0.1, -0.05) is 17.9 Å². The van der Waals surface area contributed by atoms with Crippen LogP contribution in [0.15, 0.2) is 18.2 Å². The lowest BCUT2D eigenvalue weighted by molar-refractivity contribution is 0.123.